The fourth-order valence-corrected chi connectivity index (χ4v) is 2.88. The van der Waals surface area contributed by atoms with Crippen LogP contribution in [0.5, 0.6) is 11.5 Å². The van der Waals surface area contributed by atoms with Gasteiger partial charge in [-0.2, -0.15) is 0 Å². The van der Waals surface area contributed by atoms with Crippen molar-refractivity contribution in [2.24, 2.45) is 0 Å². The molecule has 1 fully saturated rings. The van der Waals surface area contributed by atoms with E-state index >= 15 is 0 Å². The monoisotopic (exact) mass is 317 g/mol. The van der Waals surface area contributed by atoms with Gasteiger partial charge < -0.3 is 19.5 Å². The number of carbonyl (C=O) groups excluding carboxylic acids is 1. The van der Waals surface area contributed by atoms with Crippen LogP contribution in [0.2, 0.25) is 0 Å². The number of hydrogen-bond acceptors (Lipinski definition) is 4. The first-order valence-corrected chi connectivity index (χ1v) is 7.76. The summed E-state index contributed by atoms with van der Waals surface area (Å²) < 4.78 is 11.0. The molecule has 2 heterocycles. The van der Waals surface area contributed by atoms with E-state index in [4.69, 9.17) is 9.47 Å². The molecule has 1 amide bonds. The first kappa shape index (κ1) is 15.4. The van der Waals surface area contributed by atoms with Gasteiger partial charge in [0.25, 0.3) is 0 Å². The molecule has 122 valence electrons. The third kappa shape index (κ3) is 3.47. The summed E-state index contributed by atoms with van der Waals surface area (Å²) in [5, 5.41) is 9.23. The van der Waals surface area contributed by atoms with E-state index in [2.05, 4.69) is 0 Å². The number of piperidine rings is 1. The van der Waals surface area contributed by atoms with Crippen LogP contribution in [0, 0.1) is 0 Å². The Kier molecular flexibility index (Phi) is 4.50. The Balaban J connectivity index is 1.71. The highest BCUT2D eigenvalue weighted by Crippen LogP contribution is 2.31. The third-order valence-corrected chi connectivity index (χ3v) is 4.06. The Labute approximate surface area is 134 Å². The summed E-state index contributed by atoms with van der Waals surface area (Å²) in [5.74, 6) is 0.145. The summed E-state index contributed by atoms with van der Waals surface area (Å²) in [4.78, 5) is 25.0. The summed E-state index contributed by atoms with van der Waals surface area (Å²) in [5.41, 5.74) is 0.812. The third-order valence-electron chi connectivity index (χ3n) is 4.06. The van der Waals surface area contributed by atoms with Gasteiger partial charge in [-0.15, -0.1) is 0 Å². The van der Waals surface area contributed by atoms with Gasteiger partial charge in [0, 0.05) is 12.6 Å². The maximum Gasteiger partial charge on any atom is 0.326 e. The minimum Gasteiger partial charge on any atom is -0.486 e. The average Bonchev–Trinajstić information content (AvgIpc) is 2.59. The van der Waals surface area contributed by atoms with Gasteiger partial charge in [-0.05, 0) is 43.0 Å². The first-order valence-electron chi connectivity index (χ1n) is 7.76. The minimum atomic E-state index is -0.939. The Bertz CT molecular complexity index is 640. The van der Waals surface area contributed by atoms with E-state index in [9.17, 15) is 14.7 Å². The molecule has 1 saturated heterocycles. The molecule has 6 nitrogen and oxygen atoms in total. The van der Waals surface area contributed by atoms with Gasteiger partial charge in [0.05, 0.1) is 0 Å². The molecule has 0 radical (unpaired) electrons. The zero-order valence-corrected chi connectivity index (χ0v) is 12.7. The van der Waals surface area contributed by atoms with Crippen LogP contribution in [0.25, 0.3) is 6.08 Å². The maximum absolute atomic E-state index is 12.3. The molecule has 1 unspecified atom stereocenters. The smallest absolute Gasteiger partial charge is 0.326 e. The molecule has 2 aliphatic rings. The molecule has 2 aliphatic heterocycles. The second kappa shape index (κ2) is 6.73. The quantitative estimate of drug-likeness (QED) is 0.862. The van der Waals surface area contributed by atoms with Crippen molar-refractivity contribution in [3.63, 3.8) is 0 Å². The van der Waals surface area contributed by atoms with E-state index in [-0.39, 0.29) is 5.91 Å². The number of hydrogen-bond donors (Lipinski definition) is 1. The second-order valence-electron chi connectivity index (χ2n) is 5.62. The summed E-state index contributed by atoms with van der Waals surface area (Å²) in [6.07, 6.45) is 5.29. The number of nitrogens with zero attached hydrogens (tertiary/aromatic N) is 1. The molecule has 23 heavy (non-hydrogen) atoms. The van der Waals surface area contributed by atoms with Crippen molar-refractivity contribution in [1.82, 2.24) is 4.90 Å². The highest BCUT2D eigenvalue weighted by Gasteiger charge is 2.30. The number of fused-ring (bicyclic) bond motifs is 1. The molecular formula is C17H19NO5. The largest absolute Gasteiger partial charge is 0.486 e. The maximum atomic E-state index is 12.3. The normalized spacial score (nSPS) is 20.5. The average molecular weight is 317 g/mol. The number of likely N-dealkylation sites (tertiary alicyclic amines) is 1. The van der Waals surface area contributed by atoms with Crippen LogP contribution in [0.3, 0.4) is 0 Å². The van der Waals surface area contributed by atoms with Crippen LogP contribution in [0.1, 0.15) is 24.8 Å². The molecule has 1 aromatic rings. The zero-order chi connectivity index (χ0) is 16.2. The van der Waals surface area contributed by atoms with E-state index in [1.165, 1.54) is 11.0 Å². The van der Waals surface area contributed by atoms with Gasteiger partial charge in [0.15, 0.2) is 11.5 Å². The van der Waals surface area contributed by atoms with Crippen molar-refractivity contribution in [2.75, 3.05) is 19.8 Å². The first-order chi connectivity index (χ1) is 11.1. The van der Waals surface area contributed by atoms with E-state index in [1.54, 1.807) is 12.1 Å². The Morgan fingerprint density at radius 2 is 1.96 bits per heavy atom. The Morgan fingerprint density at radius 1 is 1.17 bits per heavy atom. The molecule has 0 saturated carbocycles. The lowest BCUT2D eigenvalue weighted by molar-refractivity contribution is -0.150. The Hall–Kier alpha value is -2.50. The molecular weight excluding hydrogens is 298 g/mol. The molecule has 3 rings (SSSR count). The van der Waals surface area contributed by atoms with Gasteiger partial charge in [0.1, 0.15) is 19.3 Å². The lowest BCUT2D eigenvalue weighted by Gasteiger charge is -2.32. The predicted molar refractivity (Wildman–Crippen MR) is 83.5 cm³/mol. The van der Waals surface area contributed by atoms with Crippen LogP contribution in [0.15, 0.2) is 24.3 Å². The van der Waals surface area contributed by atoms with Crippen LogP contribution < -0.4 is 9.47 Å². The van der Waals surface area contributed by atoms with E-state index in [0.29, 0.717) is 37.7 Å². The topological polar surface area (TPSA) is 76.1 Å². The minimum absolute atomic E-state index is 0.271. The van der Waals surface area contributed by atoms with Gasteiger partial charge in [-0.3, -0.25) is 4.79 Å². The second-order valence-corrected chi connectivity index (χ2v) is 5.62. The van der Waals surface area contributed by atoms with Crippen molar-refractivity contribution < 1.29 is 24.2 Å². The molecule has 1 atom stereocenters. The van der Waals surface area contributed by atoms with Crippen LogP contribution >= 0.6 is 0 Å². The molecule has 0 spiro atoms. The highest BCUT2D eigenvalue weighted by molar-refractivity contribution is 5.94. The van der Waals surface area contributed by atoms with Gasteiger partial charge >= 0.3 is 5.97 Å². The fraction of sp³-hybridized carbons (Fsp3) is 0.412. The summed E-state index contributed by atoms with van der Waals surface area (Å²) in [7, 11) is 0. The van der Waals surface area contributed by atoms with Gasteiger partial charge in [-0.25, -0.2) is 4.79 Å². The van der Waals surface area contributed by atoms with Gasteiger partial charge in [0.2, 0.25) is 5.91 Å². The number of carbonyl (C=O) groups is 2. The number of aliphatic carboxylic acids is 1. The van der Waals surface area contributed by atoms with Crippen LogP contribution in [-0.2, 0) is 9.59 Å². The number of benzene rings is 1. The van der Waals surface area contributed by atoms with E-state index in [1.807, 2.05) is 12.1 Å². The Morgan fingerprint density at radius 3 is 2.74 bits per heavy atom. The predicted octanol–water partition coefficient (Wildman–Crippen LogP) is 1.94. The molecule has 1 aromatic carbocycles. The van der Waals surface area contributed by atoms with E-state index < -0.39 is 12.0 Å². The highest BCUT2D eigenvalue weighted by atomic mass is 16.6. The lowest BCUT2D eigenvalue weighted by atomic mass is 10.0. The van der Waals surface area contributed by atoms with Crippen molar-refractivity contribution in [1.29, 1.82) is 0 Å². The van der Waals surface area contributed by atoms with Gasteiger partial charge in [-0.1, -0.05) is 6.07 Å². The van der Waals surface area contributed by atoms with E-state index in [0.717, 1.165) is 18.4 Å². The van der Waals surface area contributed by atoms with Crippen molar-refractivity contribution in [3.05, 3.63) is 29.8 Å². The number of amides is 1. The van der Waals surface area contributed by atoms with Crippen molar-refractivity contribution in [2.45, 2.75) is 25.3 Å². The fourth-order valence-electron chi connectivity index (χ4n) is 2.88. The molecule has 0 aromatic heterocycles. The SMILES string of the molecule is O=C(O)C1CCCCN1C(=O)C=Cc1ccc2c(c1)OCCO2. The number of ether oxygens (including phenoxy) is 2. The number of carboxylic acids is 1. The molecule has 0 aliphatic carbocycles. The number of carboxylic acid groups (broad SMARTS) is 1. The molecule has 0 bridgehead atoms. The summed E-state index contributed by atoms with van der Waals surface area (Å²) >= 11 is 0. The lowest BCUT2D eigenvalue weighted by Crippen LogP contribution is -2.47. The van der Waals surface area contributed by atoms with Crippen LogP contribution in [-0.4, -0.2) is 47.7 Å². The standard InChI is InChI=1S/C17H19NO5/c19-16(18-8-2-1-3-13(18)17(20)21)7-5-12-4-6-14-15(11-12)23-10-9-22-14/h4-7,11,13H,1-3,8-10H2,(H,20,21). The number of rotatable bonds is 3. The summed E-state index contributed by atoms with van der Waals surface area (Å²) in [6, 6.07) is 4.73. The van der Waals surface area contributed by atoms with Crippen molar-refractivity contribution in [3.8, 4) is 11.5 Å². The van der Waals surface area contributed by atoms with Crippen LogP contribution in [0.4, 0.5) is 0 Å². The molecule has 1 N–H and O–H groups in total. The zero-order valence-electron chi connectivity index (χ0n) is 12.7. The van der Waals surface area contributed by atoms with Crippen molar-refractivity contribution >= 4 is 18.0 Å². The summed E-state index contributed by atoms with van der Waals surface area (Å²) in [6.45, 7) is 1.53. The molecule has 6 heteroatoms.